The van der Waals surface area contributed by atoms with E-state index in [-0.39, 0.29) is 5.95 Å². The Balaban J connectivity index is 1.91. The van der Waals surface area contributed by atoms with Gasteiger partial charge in [-0.25, -0.2) is 0 Å². The molecule has 0 unspecified atom stereocenters. The highest BCUT2D eigenvalue weighted by atomic mass is 16.5. The Morgan fingerprint density at radius 1 is 1.47 bits per heavy atom. The predicted octanol–water partition coefficient (Wildman–Crippen LogP) is 0.906. The summed E-state index contributed by atoms with van der Waals surface area (Å²) >= 11 is 0. The highest BCUT2D eigenvalue weighted by molar-refractivity contribution is 5.42. The molecule has 1 aromatic rings. The molecule has 0 spiro atoms. The van der Waals surface area contributed by atoms with E-state index in [1.807, 2.05) is 0 Å². The van der Waals surface area contributed by atoms with Crippen molar-refractivity contribution >= 4 is 11.8 Å². The van der Waals surface area contributed by atoms with E-state index in [2.05, 4.69) is 15.3 Å². The number of rotatable bonds is 4. The van der Waals surface area contributed by atoms with Gasteiger partial charge < -0.3 is 20.5 Å². The molecule has 6 nitrogen and oxygen atoms in total. The first kappa shape index (κ1) is 11.9. The van der Waals surface area contributed by atoms with Gasteiger partial charge in [0.25, 0.3) is 0 Å². The van der Waals surface area contributed by atoms with Crippen LogP contribution in [0.25, 0.3) is 0 Å². The minimum absolute atomic E-state index is 0.221. The van der Waals surface area contributed by atoms with Crippen LogP contribution in [0.2, 0.25) is 0 Å². The minimum Gasteiger partial charge on any atom is -0.481 e. The molecular formula is C11H18N4O2. The topological polar surface area (TPSA) is 82.3 Å². The van der Waals surface area contributed by atoms with Gasteiger partial charge in [0, 0.05) is 25.8 Å². The minimum atomic E-state index is 0.221. The molecule has 1 aliphatic heterocycles. The van der Waals surface area contributed by atoms with Crippen molar-refractivity contribution in [1.82, 2.24) is 9.97 Å². The van der Waals surface area contributed by atoms with E-state index < -0.39 is 0 Å². The zero-order valence-electron chi connectivity index (χ0n) is 9.98. The third-order valence-electron chi connectivity index (χ3n) is 2.84. The fraction of sp³-hybridized carbons (Fsp3) is 0.636. The van der Waals surface area contributed by atoms with Crippen molar-refractivity contribution in [2.75, 3.05) is 37.9 Å². The van der Waals surface area contributed by atoms with Crippen LogP contribution >= 0.6 is 0 Å². The molecule has 0 radical (unpaired) electrons. The van der Waals surface area contributed by atoms with E-state index in [0.29, 0.717) is 17.6 Å². The highest BCUT2D eigenvalue weighted by Gasteiger charge is 2.13. The Morgan fingerprint density at radius 2 is 2.24 bits per heavy atom. The molecule has 0 amide bonds. The fourth-order valence-electron chi connectivity index (χ4n) is 1.84. The van der Waals surface area contributed by atoms with Crippen LogP contribution in [0.1, 0.15) is 12.8 Å². The maximum atomic E-state index is 5.58. The molecule has 0 saturated carbocycles. The zero-order valence-corrected chi connectivity index (χ0v) is 9.98. The van der Waals surface area contributed by atoms with E-state index >= 15 is 0 Å². The number of nitrogen functional groups attached to an aromatic ring is 1. The number of nitrogens with two attached hydrogens (primary N) is 1. The number of aromatic nitrogens is 2. The number of nitrogens with one attached hydrogen (secondary N) is 1. The van der Waals surface area contributed by atoms with Crippen LogP contribution in [0, 0.1) is 5.92 Å². The van der Waals surface area contributed by atoms with E-state index in [4.69, 9.17) is 15.2 Å². The van der Waals surface area contributed by atoms with Gasteiger partial charge in [-0.05, 0) is 18.8 Å². The van der Waals surface area contributed by atoms with Crippen molar-refractivity contribution in [3.8, 4) is 5.88 Å². The lowest BCUT2D eigenvalue weighted by Crippen LogP contribution is -2.23. The summed E-state index contributed by atoms with van der Waals surface area (Å²) in [5, 5.41) is 3.26. The standard InChI is InChI=1S/C11H18N4O2/c1-16-10-6-9(14-11(12)15-10)13-7-8-2-4-17-5-3-8/h6,8H,2-5,7H2,1H3,(H3,12,13,14,15). The zero-order chi connectivity index (χ0) is 12.1. The largest absolute Gasteiger partial charge is 0.481 e. The van der Waals surface area contributed by atoms with E-state index in [1.54, 1.807) is 13.2 Å². The Morgan fingerprint density at radius 3 is 2.94 bits per heavy atom. The first-order valence-electron chi connectivity index (χ1n) is 5.78. The summed E-state index contributed by atoms with van der Waals surface area (Å²) < 4.78 is 10.4. The quantitative estimate of drug-likeness (QED) is 0.811. The lowest BCUT2D eigenvalue weighted by molar-refractivity contribution is 0.0699. The van der Waals surface area contributed by atoms with Crippen LogP contribution in [-0.2, 0) is 4.74 Å². The molecule has 1 saturated heterocycles. The summed E-state index contributed by atoms with van der Waals surface area (Å²) in [5.74, 6) is 2.04. The van der Waals surface area contributed by atoms with Crippen LogP contribution in [0.15, 0.2) is 6.07 Å². The van der Waals surface area contributed by atoms with Crippen LogP contribution in [0.3, 0.4) is 0 Å². The summed E-state index contributed by atoms with van der Waals surface area (Å²) in [7, 11) is 1.56. The molecule has 2 rings (SSSR count). The molecule has 3 N–H and O–H groups in total. The van der Waals surface area contributed by atoms with Gasteiger partial charge in [0.15, 0.2) is 0 Å². The van der Waals surface area contributed by atoms with Crippen molar-refractivity contribution < 1.29 is 9.47 Å². The molecule has 17 heavy (non-hydrogen) atoms. The van der Waals surface area contributed by atoms with Crippen molar-refractivity contribution in [3.63, 3.8) is 0 Å². The number of ether oxygens (including phenoxy) is 2. The molecule has 6 heteroatoms. The monoisotopic (exact) mass is 238 g/mol. The van der Waals surface area contributed by atoms with Crippen LogP contribution in [0.5, 0.6) is 5.88 Å². The molecule has 1 aliphatic rings. The van der Waals surface area contributed by atoms with Gasteiger partial charge in [0.2, 0.25) is 11.8 Å². The number of methoxy groups -OCH3 is 1. The maximum Gasteiger partial charge on any atom is 0.225 e. The molecule has 1 aromatic heterocycles. The molecular weight excluding hydrogens is 220 g/mol. The number of hydrogen-bond donors (Lipinski definition) is 2. The lowest BCUT2D eigenvalue weighted by atomic mass is 10.0. The van der Waals surface area contributed by atoms with E-state index in [0.717, 1.165) is 32.6 Å². The number of hydrogen-bond acceptors (Lipinski definition) is 6. The molecule has 2 heterocycles. The van der Waals surface area contributed by atoms with Crippen LogP contribution in [0.4, 0.5) is 11.8 Å². The highest BCUT2D eigenvalue weighted by Crippen LogP contribution is 2.18. The Hall–Kier alpha value is -1.56. The predicted molar refractivity (Wildman–Crippen MR) is 65.0 cm³/mol. The van der Waals surface area contributed by atoms with Crippen molar-refractivity contribution in [2.24, 2.45) is 5.92 Å². The normalized spacial score (nSPS) is 16.8. The SMILES string of the molecule is COc1cc(NCC2CCOCC2)nc(N)n1. The summed E-state index contributed by atoms with van der Waals surface area (Å²) in [6.45, 7) is 2.58. The summed E-state index contributed by atoms with van der Waals surface area (Å²) in [4.78, 5) is 8.04. The van der Waals surface area contributed by atoms with Gasteiger partial charge >= 0.3 is 0 Å². The van der Waals surface area contributed by atoms with Crippen molar-refractivity contribution in [3.05, 3.63) is 6.07 Å². The fourth-order valence-corrected chi connectivity index (χ4v) is 1.84. The Bertz CT molecular complexity index is 366. The van der Waals surface area contributed by atoms with Gasteiger partial charge in [-0.3, -0.25) is 0 Å². The maximum absolute atomic E-state index is 5.58. The Kier molecular flexibility index (Phi) is 3.98. The van der Waals surface area contributed by atoms with Gasteiger partial charge in [0.05, 0.1) is 7.11 Å². The summed E-state index contributed by atoms with van der Waals surface area (Å²) in [6, 6.07) is 1.75. The molecule has 0 bridgehead atoms. The van der Waals surface area contributed by atoms with E-state index in [9.17, 15) is 0 Å². The Labute approximate surface area is 101 Å². The third-order valence-corrected chi connectivity index (χ3v) is 2.84. The van der Waals surface area contributed by atoms with Crippen molar-refractivity contribution in [1.29, 1.82) is 0 Å². The number of anilines is 2. The van der Waals surface area contributed by atoms with E-state index in [1.165, 1.54) is 0 Å². The lowest BCUT2D eigenvalue weighted by Gasteiger charge is -2.22. The number of nitrogens with zero attached hydrogens (tertiary/aromatic N) is 2. The second-order valence-corrected chi connectivity index (χ2v) is 4.09. The van der Waals surface area contributed by atoms with Gasteiger partial charge in [0.1, 0.15) is 5.82 Å². The molecule has 0 aliphatic carbocycles. The molecule has 94 valence electrons. The average Bonchev–Trinajstić information content (AvgIpc) is 2.37. The smallest absolute Gasteiger partial charge is 0.225 e. The summed E-state index contributed by atoms with van der Waals surface area (Å²) in [6.07, 6.45) is 2.18. The third kappa shape index (κ3) is 3.45. The van der Waals surface area contributed by atoms with Crippen LogP contribution < -0.4 is 15.8 Å². The molecule has 0 atom stereocenters. The first-order chi connectivity index (χ1) is 8.28. The summed E-state index contributed by atoms with van der Waals surface area (Å²) in [5.41, 5.74) is 5.58. The average molecular weight is 238 g/mol. The molecule has 1 fully saturated rings. The van der Waals surface area contributed by atoms with Gasteiger partial charge in [-0.1, -0.05) is 0 Å². The van der Waals surface area contributed by atoms with Gasteiger partial charge in [-0.15, -0.1) is 0 Å². The van der Waals surface area contributed by atoms with Crippen LogP contribution in [-0.4, -0.2) is 36.8 Å². The first-order valence-corrected chi connectivity index (χ1v) is 5.78. The second kappa shape index (κ2) is 5.67. The van der Waals surface area contributed by atoms with Crippen molar-refractivity contribution in [2.45, 2.75) is 12.8 Å². The second-order valence-electron chi connectivity index (χ2n) is 4.09. The molecule has 0 aromatic carbocycles. The van der Waals surface area contributed by atoms with Gasteiger partial charge in [-0.2, -0.15) is 9.97 Å².